The van der Waals surface area contributed by atoms with Crippen molar-refractivity contribution in [3.8, 4) is 22.6 Å². The van der Waals surface area contributed by atoms with Crippen molar-refractivity contribution in [2.45, 2.75) is 12.8 Å². The summed E-state index contributed by atoms with van der Waals surface area (Å²) in [6, 6.07) is 19.3. The van der Waals surface area contributed by atoms with Crippen molar-refractivity contribution in [2.75, 3.05) is 7.11 Å². The smallest absolute Gasteiger partial charge is 0.435 e. The predicted molar refractivity (Wildman–Crippen MR) is 126 cm³/mol. The average molecular weight is 521 g/mol. The van der Waals surface area contributed by atoms with Gasteiger partial charge in [0.2, 0.25) is 0 Å². The van der Waals surface area contributed by atoms with Crippen LogP contribution < -0.4 is 4.74 Å². The molecule has 1 heterocycles. The van der Waals surface area contributed by atoms with Gasteiger partial charge in [0.1, 0.15) is 18.0 Å². The maximum Gasteiger partial charge on any atom is 0.435 e. The van der Waals surface area contributed by atoms with Crippen LogP contribution in [0.3, 0.4) is 0 Å². The number of rotatable bonds is 6. The van der Waals surface area contributed by atoms with E-state index >= 15 is 0 Å². The summed E-state index contributed by atoms with van der Waals surface area (Å²) < 4.78 is 51.6. The highest BCUT2D eigenvalue weighted by Crippen LogP contribution is 2.34. The van der Waals surface area contributed by atoms with Crippen molar-refractivity contribution in [1.82, 2.24) is 9.78 Å². The molecular formula is C25H17Cl2F3N2O3. The number of ether oxygens (including phenoxy) is 2. The number of para-hydroxylation sites is 1. The largest absolute Gasteiger partial charge is 0.487 e. The third kappa shape index (κ3) is 5.44. The van der Waals surface area contributed by atoms with Gasteiger partial charge in [-0.15, -0.1) is 0 Å². The lowest BCUT2D eigenvalue weighted by molar-refractivity contribution is -0.141. The molecule has 0 radical (unpaired) electrons. The monoisotopic (exact) mass is 520 g/mol. The van der Waals surface area contributed by atoms with Gasteiger partial charge in [0.05, 0.1) is 28.4 Å². The number of esters is 1. The van der Waals surface area contributed by atoms with E-state index in [0.29, 0.717) is 11.3 Å². The molecule has 0 aliphatic carbocycles. The van der Waals surface area contributed by atoms with E-state index in [1.807, 2.05) is 6.07 Å². The van der Waals surface area contributed by atoms with Crippen LogP contribution >= 0.6 is 23.2 Å². The van der Waals surface area contributed by atoms with Crippen LogP contribution in [0.1, 0.15) is 21.7 Å². The first kappa shape index (κ1) is 24.6. The number of hydrogen-bond donors (Lipinski definition) is 0. The van der Waals surface area contributed by atoms with Crippen LogP contribution in [0.2, 0.25) is 10.0 Å². The van der Waals surface area contributed by atoms with E-state index in [9.17, 15) is 18.0 Å². The van der Waals surface area contributed by atoms with Crippen molar-refractivity contribution in [2.24, 2.45) is 0 Å². The van der Waals surface area contributed by atoms with Crippen molar-refractivity contribution in [3.63, 3.8) is 0 Å². The van der Waals surface area contributed by atoms with E-state index in [1.54, 1.807) is 48.5 Å². The highest BCUT2D eigenvalue weighted by atomic mass is 35.5. The molecule has 0 bridgehead atoms. The number of carbonyl (C=O) groups is 1. The van der Waals surface area contributed by atoms with Gasteiger partial charge in [-0.1, -0.05) is 53.5 Å². The third-order valence-electron chi connectivity index (χ3n) is 5.08. The SMILES string of the molecule is COC(=O)c1cccc(-c2ccc(OCc3cc(C(F)(F)F)nn3-c3c(Cl)cccc3Cl)cc2)c1. The van der Waals surface area contributed by atoms with E-state index in [1.165, 1.54) is 19.2 Å². The summed E-state index contributed by atoms with van der Waals surface area (Å²) >= 11 is 12.4. The van der Waals surface area contributed by atoms with Crippen molar-refractivity contribution >= 4 is 29.2 Å². The van der Waals surface area contributed by atoms with Crippen LogP contribution in [0.15, 0.2) is 72.8 Å². The Morgan fingerprint density at radius 1 is 0.943 bits per heavy atom. The number of alkyl halides is 3. The molecule has 0 spiro atoms. The Labute approximate surface area is 208 Å². The molecule has 0 N–H and O–H groups in total. The van der Waals surface area contributed by atoms with Gasteiger partial charge in [-0.3, -0.25) is 0 Å². The van der Waals surface area contributed by atoms with Gasteiger partial charge >= 0.3 is 12.1 Å². The standard InChI is InChI=1S/C25H17Cl2F3N2O3/c1-34-24(33)17-5-2-4-16(12-17)15-8-10-19(11-9-15)35-14-18-13-22(25(28,29)30)31-32(18)23-20(26)6-3-7-21(23)27/h2-13H,14H2,1H3. The zero-order valence-electron chi connectivity index (χ0n) is 18.1. The molecule has 0 aliphatic rings. The minimum atomic E-state index is -4.66. The summed E-state index contributed by atoms with van der Waals surface area (Å²) in [5.74, 6) is -0.0234. The number of benzene rings is 3. The summed E-state index contributed by atoms with van der Waals surface area (Å²) in [5, 5.41) is 3.97. The molecule has 180 valence electrons. The number of methoxy groups -OCH3 is 1. The summed E-state index contributed by atoms with van der Waals surface area (Å²) in [7, 11) is 1.31. The lowest BCUT2D eigenvalue weighted by Gasteiger charge is -2.12. The zero-order valence-corrected chi connectivity index (χ0v) is 19.7. The molecular weight excluding hydrogens is 504 g/mol. The molecule has 4 rings (SSSR count). The second kappa shape index (κ2) is 10.0. The Hall–Kier alpha value is -3.49. The molecule has 5 nitrogen and oxygen atoms in total. The number of carbonyl (C=O) groups excluding carboxylic acids is 1. The second-order valence-electron chi connectivity index (χ2n) is 7.39. The summed E-state index contributed by atoms with van der Waals surface area (Å²) in [6.07, 6.45) is -4.66. The van der Waals surface area contributed by atoms with Crippen molar-refractivity contribution < 1.29 is 27.4 Å². The molecule has 0 aliphatic heterocycles. The first-order valence-electron chi connectivity index (χ1n) is 10.2. The number of aromatic nitrogens is 2. The Bertz CT molecular complexity index is 1350. The molecule has 0 unspecified atom stereocenters. The predicted octanol–water partition coefficient (Wildman–Crippen LogP) is 7.23. The van der Waals surface area contributed by atoms with Gasteiger partial charge in [-0.05, 0) is 53.6 Å². The van der Waals surface area contributed by atoms with E-state index in [-0.39, 0.29) is 28.0 Å². The van der Waals surface area contributed by atoms with Crippen molar-refractivity contribution in [1.29, 1.82) is 0 Å². The quantitative estimate of drug-likeness (QED) is 0.251. The first-order valence-corrected chi connectivity index (χ1v) is 10.9. The first-order chi connectivity index (χ1) is 16.7. The van der Waals surface area contributed by atoms with Crippen molar-refractivity contribution in [3.05, 3.63) is 99.8 Å². The zero-order chi connectivity index (χ0) is 25.2. The Balaban J connectivity index is 1.58. The molecule has 0 fully saturated rings. The fourth-order valence-electron chi connectivity index (χ4n) is 3.39. The van der Waals surface area contributed by atoms with E-state index < -0.39 is 17.8 Å². The maximum atomic E-state index is 13.4. The average Bonchev–Trinajstić information content (AvgIpc) is 3.27. The van der Waals surface area contributed by atoms with Crippen LogP contribution in [0.25, 0.3) is 16.8 Å². The molecule has 1 aromatic heterocycles. The van der Waals surface area contributed by atoms with Gasteiger partial charge in [-0.25, -0.2) is 9.48 Å². The number of nitrogens with zero attached hydrogens (tertiary/aromatic N) is 2. The minimum Gasteiger partial charge on any atom is -0.487 e. The molecule has 35 heavy (non-hydrogen) atoms. The molecule has 0 atom stereocenters. The second-order valence-corrected chi connectivity index (χ2v) is 8.20. The topological polar surface area (TPSA) is 53.4 Å². The Morgan fingerprint density at radius 2 is 1.60 bits per heavy atom. The van der Waals surface area contributed by atoms with Crippen LogP contribution in [0.5, 0.6) is 5.75 Å². The Kier molecular flexibility index (Phi) is 7.05. The lowest BCUT2D eigenvalue weighted by atomic mass is 10.0. The normalized spacial score (nSPS) is 11.4. The van der Waals surface area contributed by atoms with Gasteiger partial charge in [-0.2, -0.15) is 18.3 Å². The summed E-state index contributed by atoms with van der Waals surface area (Å²) in [5.41, 5.74) is 1.18. The lowest BCUT2D eigenvalue weighted by Crippen LogP contribution is -2.09. The van der Waals surface area contributed by atoms with Gasteiger partial charge in [0.25, 0.3) is 0 Å². The Morgan fingerprint density at radius 3 is 2.23 bits per heavy atom. The fourth-order valence-corrected chi connectivity index (χ4v) is 3.95. The molecule has 0 saturated heterocycles. The van der Waals surface area contributed by atoms with Crippen LogP contribution in [0.4, 0.5) is 13.2 Å². The van der Waals surface area contributed by atoms with E-state index in [2.05, 4.69) is 5.10 Å². The molecule has 3 aromatic carbocycles. The summed E-state index contributed by atoms with van der Waals surface area (Å²) in [4.78, 5) is 11.8. The van der Waals surface area contributed by atoms with Gasteiger partial charge in [0, 0.05) is 0 Å². The number of hydrogen-bond acceptors (Lipinski definition) is 4. The van der Waals surface area contributed by atoms with Crippen LogP contribution in [-0.2, 0) is 17.5 Å². The third-order valence-corrected chi connectivity index (χ3v) is 5.69. The highest BCUT2D eigenvalue weighted by Gasteiger charge is 2.35. The molecule has 0 saturated carbocycles. The van der Waals surface area contributed by atoms with Crippen LogP contribution in [0, 0.1) is 0 Å². The maximum absolute atomic E-state index is 13.4. The molecule has 4 aromatic rings. The number of halogens is 5. The summed E-state index contributed by atoms with van der Waals surface area (Å²) in [6.45, 7) is -0.220. The minimum absolute atomic E-state index is 0.113. The van der Waals surface area contributed by atoms with E-state index in [0.717, 1.165) is 21.9 Å². The fraction of sp³-hybridized carbons (Fsp3) is 0.120. The van der Waals surface area contributed by atoms with Gasteiger partial charge < -0.3 is 9.47 Å². The van der Waals surface area contributed by atoms with E-state index in [4.69, 9.17) is 32.7 Å². The molecule has 0 amide bonds. The highest BCUT2D eigenvalue weighted by molar-refractivity contribution is 6.37. The van der Waals surface area contributed by atoms with Gasteiger partial charge in [0.15, 0.2) is 5.69 Å². The van der Waals surface area contributed by atoms with Crippen LogP contribution in [-0.4, -0.2) is 22.9 Å². The molecule has 10 heteroatoms.